The smallest absolute Gasteiger partial charge is 0.260 e. The van der Waals surface area contributed by atoms with Crippen molar-refractivity contribution in [1.29, 1.82) is 0 Å². The van der Waals surface area contributed by atoms with Gasteiger partial charge in [0.1, 0.15) is 5.75 Å². The average Bonchev–Trinajstić information content (AvgIpc) is 2.60. The Bertz CT molecular complexity index is 766. The maximum atomic E-state index is 6.60. The van der Waals surface area contributed by atoms with Crippen LogP contribution < -0.4 is 4.43 Å². The molecule has 4 nitrogen and oxygen atoms in total. The second-order valence-electron chi connectivity index (χ2n) is 11.5. The third-order valence-electron chi connectivity index (χ3n) is 8.84. The lowest BCUT2D eigenvalue weighted by Gasteiger charge is -2.68. The maximum Gasteiger partial charge on any atom is 0.260 e. The SMILES string of the molecule is COC1(c2cccc(O[Si](C)(C)C(C)(C)C)c2)OOC12C1CC3CC(C1)CC2C3. The zero-order chi connectivity index (χ0) is 20.7. The van der Waals surface area contributed by atoms with E-state index < -0.39 is 14.1 Å². The fourth-order valence-corrected chi connectivity index (χ4v) is 7.59. The molecule has 1 heterocycles. The van der Waals surface area contributed by atoms with Gasteiger partial charge in [-0.05, 0) is 86.0 Å². The van der Waals surface area contributed by atoms with Crippen molar-refractivity contribution in [1.82, 2.24) is 0 Å². The van der Waals surface area contributed by atoms with Crippen LogP contribution in [0, 0.1) is 23.7 Å². The third kappa shape index (κ3) is 2.67. The molecule has 4 bridgehead atoms. The Morgan fingerprint density at radius 1 is 0.966 bits per heavy atom. The van der Waals surface area contributed by atoms with Crippen LogP contribution in [0.4, 0.5) is 0 Å². The largest absolute Gasteiger partial charge is 0.543 e. The molecule has 0 amide bonds. The van der Waals surface area contributed by atoms with Crippen LogP contribution in [0.1, 0.15) is 58.4 Å². The van der Waals surface area contributed by atoms with Crippen LogP contribution in [-0.4, -0.2) is 21.0 Å². The molecule has 160 valence electrons. The van der Waals surface area contributed by atoms with Gasteiger partial charge in [0.05, 0.1) is 0 Å². The van der Waals surface area contributed by atoms with E-state index in [1.807, 2.05) is 0 Å². The summed E-state index contributed by atoms with van der Waals surface area (Å²) in [6.45, 7) is 11.4. The van der Waals surface area contributed by atoms with Crippen LogP contribution in [0.25, 0.3) is 0 Å². The quantitative estimate of drug-likeness (QED) is 0.444. The van der Waals surface area contributed by atoms with E-state index in [1.54, 1.807) is 7.11 Å². The number of hydrogen-bond donors (Lipinski definition) is 0. The standard InChI is InChI=1S/C24H36O4Si/c1-22(2,3)29(5,6)26-21-9-7-8-18(15-21)24(25-4)23(27-28-24)19-11-16-10-17(13-19)14-20(23)12-16/h7-9,15-17,19-20H,10-14H2,1-6H3. The average molecular weight is 417 g/mol. The topological polar surface area (TPSA) is 36.9 Å². The van der Waals surface area contributed by atoms with E-state index in [0.717, 1.165) is 23.1 Å². The van der Waals surface area contributed by atoms with Crippen LogP contribution in [0.15, 0.2) is 24.3 Å². The summed E-state index contributed by atoms with van der Waals surface area (Å²) in [5.74, 6) is 2.89. The van der Waals surface area contributed by atoms with Crippen LogP contribution in [0.3, 0.4) is 0 Å². The maximum absolute atomic E-state index is 6.60. The Hall–Kier alpha value is -0.883. The van der Waals surface area contributed by atoms with Gasteiger partial charge < -0.3 is 9.16 Å². The van der Waals surface area contributed by atoms with Crippen LogP contribution in [0.5, 0.6) is 5.75 Å². The van der Waals surface area contributed by atoms with Gasteiger partial charge in [-0.25, -0.2) is 4.89 Å². The molecule has 1 unspecified atom stereocenters. The first-order valence-corrected chi connectivity index (χ1v) is 14.2. The van der Waals surface area contributed by atoms with E-state index in [1.165, 1.54) is 32.1 Å². The molecule has 6 rings (SSSR count). The molecule has 1 aromatic carbocycles. The summed E-state index contributed by atoms with van der Waals surface area (Å²) in [5.41, 5.74) is 0.694. The van der Waals surface area contributed by atoms with Gasteiger partial charge in [0.15, 0.2) is 5.60 Å². The first-order valence-electron chi connectivity index (χ1n) is 11.3. The van der Waals surface area contributed by atoms with Gasteiger partial charge in [0, 0.05) is 12.7 Å². The molecule has 4 saturated carbocycles. The van der Waals surface area contributed by atoms with Crippen LogP contribution in [0.2, 0.25) is 18.1 Å². The first kappa shape index (κ1) is 20.0. The molecule has 5 heteroatoms. The fraction of sp³-hybridized carbons (Fsp3) is 0.750. The molecule has 1 atom stereocenters. The van der Waals surface area contributed by atoms with Gasteiger partial charge in [-0.1, -0.05) is 32.9 Å². The zero-order valence-corrected chi connectivity index (χ0v) is 19.8. The third-order valence-corrected chi connectivity index (χ3v) is 13.2. The number of rotatable bonds is 4. The normalized spacial score (nSPS) is 40.9. The first-order chi connectivity index (χ1) is 13.6. The van der Waals surface area contributed by atoms with E-state index in [-0.39, 0.29) is 10.6 Å². The van der Waals surface area contributed by atoms with Crippen molar-refractivity contribution in [3.05, 3.63) is 29.8 Å². The summed E-state index contributed by atoms with van der Waals surface area (Å²) >= 11 is 0. The lowest BCUT2D eigenvalue weighted by atomic mass is 9.47. The summed E-state index contributed by atoms with van der Waals surface area (Å²) in [6, 6.07) is 8.40. The molecular weight excluding hydrogens is 380 g/mol. The minimum Gasteiger partial charge on any atom is -0.543 e. The molecule has 29 heavy (non-hydrogen) atoms. The number of methoxy groups -OCH3 is 1. The van der Waals surface area contributed by atoms with Gasteiger partial charge in [0.2, 0.25) is 8.32 Å². The van der Waals surface area contributed by atoms with Gasteiger partial charge in [0.25, 0.3) is 5.79 Å². The van der Waals surface area contributed by atoms with E-state index in [0.29, 0.717) is 11.8 Å². The Balaban J connectivity index is 1.50. The summed E-state index contributed by atoms with van der Waals surface area (Å²) in [4.78, 5) is 12.0. The van der Waals surface area contributed by atoms with Crippen LogP contribution in [-0.2, 0) is 20.3 Å². The lowest BCUT2D eigenvalue weighted by Crippen LogP contribution is -2.76. The van der Waals surface area contributed by atoms with Gasteiger partial charge in [-0.3, -0.25) is 0 Å². The summed E-state index contributed by atoms with van der Waals surface area (Å²) in [6.07, 6.45) is 6.42. The monoisotopic (exact) mass is 416 g/mol. The predicted molar refractivity (Wildman–Crippen MR) is 115 cm³/mol. The van der Waals surface area contributed by atoms with Crippen molar-refractivity contribution in [3.63, 3.8) is 0 Å². The Kier molecular flexibility index (Phi) is 4.37. The lowest BCUT2D eigenvalue weighted by molar-refractivity contribution is -0.645. The second kappa shape index (κ2) is 6.32. The number of hydrogen-bond acceptors (Lipinski definition) is 4. The van der Waals surface area contributed by atoms with Crippen molar-refractivity contribution in [3.8, 4) is 5.75 Å². The van der Waals surface area contributed by atoms with Crippen molar-refractivity contribution in [2.45, 2.75) is 82.4 Å². The highest BCUT2D eigenvalue weighted by atomic mass is 28.4. The highest BCUT2D eigenvalue weighted by Gasteiger charge is 2.76. The summed E-state index contributed by atoms with van der Waals surface area (Å²) in [7, 11) is -0.143. The molecular formula is C24H36O4Si. The van der Waals surface area contributed by atoms with E-state index in [9.17, 15) is 0 Å². The Morgan fingerprint density at radius 2 is 1.59 bits per heavy atom. The minimum absolute atomic E-state index is 0.153. The molecule has 1 spiro atoms. The second-order valence-corrected chi connectivity index (χ2v) is 16.2. The van der Waals surface area contributed by atoms with Gasteiger partial charge in [-0.2, -0.15) is 4.89 Å². The fourth-order valence-electron chi connectivity index (χ4n) is 6.57. The van der Waals surface area contributed by atoms with Gasteiger partial charge in [-0.15, -0.1) is 0 Å². The van der Waals surface area contributed by atoms with Crippen molar-refractivity contribution >= 4 is 8.32 Å². The zero-order valence-electron chi connectivity index (χ0n) is 18.8. The Morgan fingerprint density at radius 3 is 2.07 bits per heavy atom. The molecule has 5 fully saturated rings. The molecule has 5 aliphatic rings. The van der Waals surface area contributed by atoms with E-state index >= 15 is 0 Å². The van der Waals surface area contributed by atoms with Gasteiger partial charge >= 0.3 is 0 Å². The Labute approximate surface area is 176 Å². The molecule has 0 aromatic heterocycles. The highest BCUT2D eigenvalue weighted by Crippen LogP contribution is 2.69. The highest BCUT2D eigenvalue weighted by molar-refractivity contribution is 6.74. The molecule has 0 radical (unpaired) electrons. The summed E-state index contributed by atoms with van der Waals surface area (Å²) < 4.78 is 12.8. The molecule has 1 aromatic rings. The molecule has 0 N–H and O–H groups in total. The van der Waals surface area contributed by atoms with Crippen molar-refractivity contribution < 1.29 is 18.9 Å². The minimum atomic E-state index is -1.92. The summed E-state index contributed by atoms with van der Waals surface area (Å²) in [5, 5.41) is 0.153. The number of benzene rings is 1. The predicted octanol–water partition coefficient (Wildman–Crippen LogP) is 6.03. The van der Waals surface area contributed by atoms with Crippen LogP contribution >= 0.6 is 0 Å². The van der Waals surface area contributed by atoms with Crippen molar-refractivity contribution in [2.75, 3.05) is 7.11 Å². The number of ether oxygens (including phenoxy) is 1. The molecule has 1 aliphatic heterocycles. The van der Waals surface area contributed by atoms with Crippen molar-refractivity contribution in [2.24, 2.45) is 23.7 Å². The molecule has 4 aliphatic carbocycles. The van der Waals surface area contributed by atoms with E-state index in [2.05, 4.69) is 58.1 Å². The molecule has 1 saturated heterocycles. The van der Waals surface area contributed by atoms with E-state index in [4.69, 9.17) is 18.9 Å².